The quantitative estimate of drug-likeness (QED) is 0.869. The van der Waals surface area contributed by atoms with Crippen LogP contribution in [0.4, 0.5) is 5.95 Å². The molecule has 1 aliphatic rings. The largest absolute Gasteiger partial charge is 0.357 e. The predicted molar refractivity (Wildman–Crippen MR) is 80.1 cm³/mol. The van der Waals surface area contributed by atoms with Crippen molar-refractivity contribution in [2.45, 2.75) is 26.3 Å². The highest BCUT2D eigenvalue weighted by molar-refractivity contribution is 7.91. The van der Waals surface area contributed by atoms with E-state index in [0.29, 0.717) is 24.6 Å². The highest BCUT2D eigenvalue weighted by atomic mass is 32.2. The van der Waals surface area contributed by atoms with Crippen LogP contribution >= 0.6 is 0 Å². The third-order valence-corrected chi connectivity index (χ3v) is 5.30. The molecule has 1 atom stereocenters. The number of aromatic nitrogens is 2. The molecule has 1 amide bonds. The van der Waals surface area contributed by atoms with Gasteiger partial charge in [-0.05, 0) is 26.3 Å². The summed E-state index contributed by atoms with van der Waals surface area (Å²) in [6.45, 7) is 4.09. The molecule has 8 heteroatoms. The van der Waals surface area contributed by atoms with Gasteiger partial charge in [-0.25, -0.2) is 18.4 Å². The van der Waals surface area contributed by atoms with Gasteiger partial charge in [-0.3, -0.25) is 4.79 Å². The summed E-state index contributed by atoms with van der Waals surface area (Å²) in [6, 6.07) is 1.36. The van der Waals surface area contributed by atoms with E-state index in [-0.39, 0.29) is 29.1 Å². The molecule has 21 heavy (non-hydrogen) atoms. The normalized spacial score (nSPS) is 20.2. The average Bonchev–Trinajstić information content (AvgIpc) is 2.78. The summed E-state index contributed by atoms with van der Waals surface area (Å²) in [5.74, 6) is 0.316. The zero-order valence-electron chi connectivity index (χ0n) is 12.5. The maximum absolute atomic E-state index is 12.6. The van der Waals surface area contributed by atoms with E-state index >= 15 is 0 Å². The molecule has 116 valence electrons. The minimum absolute atomic E-state index is 0.0372. The van der Waals surface area contributed by atoms with E-state index in [4.69, 9.17) is 0 Å². The molecule has 0 saturated carbocycles. The number of nitrogens with zero attached hydrogens (tertiary/aromatic N) is 3. The maximum atomic E-state index is 12.6. The molecule has 1 N–H and O–H groups in total. The summed E-state index contributed by atoms with van der Waals surface area (Å²) in [6.07, 6.45) is 0.491. The van der Waals surface area contributed by atoms with Gasteiger partial charge in [0, 0.05) is 25.3 Å². The number of anilines is 1. The molecule has 7 nitrogen and oxygen atoms in total. The Balaban J connectivity index is 2.26. The highest BCUT2D eigenvalue weighted by Crippen LogP contribution is 2.19. The summed E-state index contributed by atoms with van der Waals surface area (Å²) in [7, 11) is -1.34. The number of carbonyl (C=O) groups is 1. The fourth-order valence-electron chi connectivity index (χ4n) is 2.53. The SMILES string of the molecule is CCN(C(=O)c1cc(C)nc(NC)n1)C1CCS(=O)(=O)C1. The summed E-state index contributed by atoms with van der Waals surface area (Å²) in [5.41, 5.74) is 0.978. The van der Waals surface area contributed by atoms with E-state index in [0.717, 1.165) is 0 Å². The van der Waals surface area contributed by atoms with Crippen molar-refractivity contribution in [3.05, 3.63) is 17.5 Å². The molecule has 1 fully saturated rings. The van der Waals surface area contributed by atoms with Crippen LogP contribution in [0.1, 0.15) is 29.5 Å². The van der Waals surface area contributed by atoms with Gasteiger partial charge < -0.3 is 10.2 Å². The van der Waals surface area contributed by atoms with Crippen LogP contribution in [-0.4, -0.2) is 60.3 Å². The van der Waals surface area contributed by atoms with Crippen LogP contribution < -0.4 is 5.32 Å². The molecule has 1 aromatic rings. The Hall–Kier alpha value is -1.70. The number of sulfone groups is 1. The van der Waals surface area contributed by atoms with Gasteiger partial charge >= 0.3 is 0 Å². The molecule has 1 aromatic heterocycles. The molecular weight excluding hydrogens is 292 g/mol. The number of nitrogens with one attached hydrogen (secondary N) is 1. The van der Waals surface area contributed by atoms with Crippen molar-refractivity contribution in [2.75, 3.05) is 30.4 Å². The molecule has 0 aromatic carbocycles. The molecule has 1 aliphatic heterocycles. The molecule has 1 unspecified atom stereocenters. The summed E-state index contributed by atoms with van der Waals surface area (Å²) in [5, 5.41) is 2.81. The lowest BCUT2D eigenvalue weighted by atomic mass is 10.2. The lowest BCUT2D eigenvalue weighted by molar-refractivity contribution is 0.0702. The van der Waals surface area contributed by atoms with Gasteiger partial charge in [-0.1, -0.05) is 0 Å². The number of hydrogen-bond donors (Lipinski definition) is 1. The van der Waals surface area contributed by atoms with Gasteiger partial charge in [-0.15, -0.1) is 0 Å². The molecule has 0 bridgehead atoms. The second-order valence-corrected chi connectivity index (χ2v) is 7.34. The molecule has 2 heterocycles. The lowest BCUT2D eigenvalue weighted by Gasteiger charge is -2.26. The minimum Gasteiger partial charge on any atom is -0.357 e. The zero-order valence-corrected chi connectivity index (χ0v) is 13.3. The molecule has 2 rings (SSSR count). The van der Waals surface area contributed by atoms with E-state index in [1.54, 1.807) is 24.9 Å². The van der Waals surface area contributed by atoms with Gasteiger partial charge in [0.05, 0.1) is 11.5 Å². The number of amides is 1. The first-order valence-electron chi connectivity index (χ1n) is 6.91. The van der Waals surface area contributed by atoms with Crippen molar-refractivity contribution < 1.29 is 13.2 Å². The van der Waals surface area contributed by atoms with Crippen LogP contribution in [0.25, 0.3) is 0 Å². The maximum Gasteiger partial charge on any atom is 0.272 e. The van der Waals surface area contributed by atoms with E-state index in [2.05, 4.69) is 15.3 Å². The Morgan fingerprint density at radius 1 is 1.48 bits per heavy atom. The van der Waals surface area contributed by atoms with Crippen molar-refractivity contribution in [3.63, 3.8) is 0 Å². The van der Waals surface area contributed by atoms with Crippen LogP contribution in [-0.2, 0) is 9.84 Å². The van der Waals surface area contributed by atoms with E-state index in [9.17, 15) is 13.2 Å². The first-order chi connectivity index (χ1) is 9.86. The first-order valence-corrected chi connectivity index (χ1v) is 8.73. The monoisotopic (exact) mass is 312 g/mol. The fourth-order valence-corrected chi connectivity index (χ4v) is 4.26. The van der Waals surface area contributed by atoms with Crippen molar-refractivity contribution in [1.82, 2.24) is 14.9 Å². The van der Waals surface area contributed by atoms with Crippen molar-refractivity contribution in [1.29, 1.82) is 0 Å². The predicted octanol–water partition coefficient (Wildman–Crippen LogP) is 0.476. The number of rotatable bonds is 4. The molecule has 0 aliphatic carbocycles. The van der Waals surface area contributed by atoms with Gasteiger partial charge in [0.2, 0.25) is 5.95 Å². The van der Waals surface area contributed by atoms with Crippen molar-refractivity contribution >= 4 is 21.7 Å². The summed E-state index contributed by atoms with van der Waals surface area (Å²) >= 11 is 0. The molecular formula is C13H20N4O3S. The highest BCUT2D eigenvalue weighted by Gasteiger charge is 2.34. The Morgan fingerprint density at radius 3 is 2.71 bits per heavy atom. The van der Waals surface area contributed by atoms with Crippen LogP contribution in [0.3, 0.4) is 0 Å². The second kappa shape index (κ2) is 5.97. The van der Waals surface area contributed by atoms with Gasteiger partial charge in [0.25, 0.3) is 5.91 Å². The minimum atomic E-state index is -3.03. The van der Waals surface area contributed by atoms with Crippen molar-refractivity contribution in [3.8, 4) is 0 Å². The van der Waals surface area contributed by atoms with E-state index in [1.807, 2.05) is 6.92 Å². The molecule has 0 spiro atoms. The number of aryl methyl sites for hydroxylation is 1. The third kappa shape index (κ3) is 3.49. The van der Waals surface area contributed by atoms with E-state index in [1.165, 1.54) is 0 Å². The standard InChI is InChI=1S/C13H20N4O3S/c1-4-17(10-5-6-21(19,20)8-10)12(18)11-7-9(2)15-13(14-3)16-11/h7,10H,4-6,8H2,1-3H3,(H,14,15,16). The van der Waals surface area contributed by atoms with E-state index < -0.39 is 9.84 Å². The van der Waals surface area contributed by atoms with Gasteiger partial charge in [-0.2, -0.15) is 0 Å². The lowest BCUT2D eigenvalue weighted by Crippen LogP contribution is -2.41. The number of hydrogen-bond acceptors (Lipinski definition) is 6. The smallest absolute Gasteiger partial charge is 0.272 e. The zero-order chi connectivity index (χ0) is 15.6. The number of carbonyl (C=O) groups excluding carboxylic acids is 1. The first kappa shape index (κ1) is 15.7. The Bertz CT molecular complexity index is 645. The van der Waals surface area contributed by atoms with Crippen LogP contribution in [0.2, 0.25) is 0 Å². The molecule has 1 saturated heterocycles. The summed E-state index contributed by atoms with van der Waals surface area (Å²) < 4.78 is 23.2. The van der Waals surface area contributed by atoms with Crippen LogP contribution in [0.5, 0.6) is 0 Å². The Kier molecular flexibility index (Phi) is 4.46. The molecule has 0 radical (unpaired) electrons. The van der Waals surface area contributed by atoms with Crippen LogP contribution in [0.15, 0.2) is 6.07 Å². The Morgan fingerprint density at radius 2 is 2.19 bits per heavy atom. The van der Waals surface area contributed by atoms with Crippen LogP contribution in [0, 0.1) is 6.92 Å². The third-order valence-electron chi connectivity index (χ3n) is 3.55. The topological polar surface area (TPSA) is 92.3 Å². The fraction of sp³-hybridized carbons (Fsp3) is 0.615. The average molecular weight is 312 g/mol. The second-order valence-electron chi connectivity index (χ2n) is 5.12. The van der Waals surface area contributed by atoms with Crippen molar-refractivity contribution in [2.24, 2.45) is 0 Å². The summed E-state index contributed by atoms with van der Waals surface area (Å²) in [4.78, 5) is 22.5. The Labute approximate surface area is 124 Å². The van der Waals surface area contributed by atoms with Gasteiger partial charge in [0.1, 0.15) is 5.69 Å². The van der Waals surface area contributed by atoms with Gasteiger partial charge in [0.15, 0.2) is 9.84 Å².